The minimum absolute atomic E-state index is 0.103. The summed E-state index contributed by atoms with van der Waals surface area (Å²) in [5.74, 6) is -4.62. The van der Waals surface area contributed by atoms with Crippen LogP contribution in [-0.2, 0) is 4.79 Å². The van der Waals surface area contributed by atoms with E-state index in [-0.39, 0.29) is 12.3 Å². The Morgan fingerprint density at radius 1 is 1.47 bits per heavy atom. The first kappa shape index (κ1) is 12.2. The molecule has 88 valence electrons. The van der Waals surface area contributed by atoms with Gasteiger partial charge in [-0.3, -0.25) is 4.79 Å². The van der Waals surface area contributed by atoms with Gasteiger partial charge in [-0.2, -0.15) is 8.78 Å². The van der Waals surface area contributed by atoms with Crippen molar-refractivity contribution in [2.75, 3.05) is 19.6 Å². The van der Waals surface area contributed by atoms with Crippen molar-refractivity contribution >= 4 is 5.91 Å². The van der Waals surface area contributed by atoms with Crippen molar-refractivity contribution in [3.05, 3.63) is 0 Å². The van der Waals surface area contributed by atoms with Crippen LogP contribution < -0.4 is 10.6 Å². The van der Waals surface area contributed by atoms with Crippen LogP contribution in [0.3, 0.4) is 0 Å². The highest BCUT2D eigenvalue weighted by Gasteiger charge is 2.40. The van der Waals surface area contributed by atoms with E-state index >= 15 is 0 Å². The lowest BCUT2D eigenvalue weighted by Gasteiger charge is -2.26. The molecule has 0 atom stereocenters. The number of carbonyl (C=O) groups excluding carboxylic acids is 1. The van der Waals surface area contributed by atoms with E-state index in [1.54, 1.807) is 5.32 Å². The predicted octanol–water partition coefficient (Wildman–Crippen LogP) is 0.612. The fourth-order valence-electron chi connectivity index (χ4n) is 1.12. The molecule has 1 aliphatic heterocycles. The molecule has 0 spiro atoms. The summed E-state index contributed by atoms with van der Waals surface area (Å²) in [6.07, 6.45) is -3.64. The highest BCUT2D eigenvalue weighted by atomic mass is 19.3. The average Bonchev–Trinajstić information content (AvgIpc) is 2.08. The molecule has 0 unspecified atom stereocenters. The third-order valence-electron chi connectivity index (χ3n) is 2.18. The second kappa shape index (κ2) is 4.78. The zero-order chi connectivity index (χ0) is 11.5. The highest BCUT2D eigenvalue weighted by Crippen LogP contribution is 2.21. The smallest absolute Gasteiger partial charge is 0.324 e. The highest BCUT2D eigenvalue weighted by molar-refractivity contribution is 5.76. The third kappa shape index (κ3) is 3.65. The molecule has 0 aromatic heterocycles. The predicted molar refractivity (Wildman–Crippen MR) is 44.9 cm³/mol. The van der Waals surface area contributed by atoms with Gasteiger partial charge in [0, 0.05) is 6.42 Å². The van der Waals surface area contributed by atoms with Crippen LogP contribution in [0.4, 0.5) is 17.6 Å². The summed E-state index contributed by atoms with van der Waals surface area (Å²) >= 11 is 0. The Kier molecular flexibility index (Phi) is 3.90. The number of rotatable bonds is 5. The van der Waals surface area contributed by atoms with E-state index in [1.165, 1.54) is 0 Å². The van der Waals surface area contributed by atoms with Crippen LogP contribution in [0.5, 0.6) is 0 Å². The van der Waals surface area contributed by atoms with Crippen molar-refractivity contribution in [3.63, 3.8) is 0 Å². The van der Waals surface area contributed by atoms with Crippen molar-refractivity contribution < 1.29 is 22.4 Å². The SMILES string of the molecule is O=C(CC1CNC1)NCC(F)(F)C(F)F. The fourth-order valence-corrected chi connectivity index (χ4v) is 1.12. The van der Waals surface area contributed by atoms with Gasteiger partial charge in [0.25, 0.3) is 0 Å². The third-order valence-corrected chi connectivity index (χ3v) is 2.18. The molecule has 15 heavy (non-hydrogen) atoms. The first-order valence-electron chi connectivity index (χ1n) is 4.55. The molecule has 1 heterocycles. The zero-order valence-corrected chi connectivity index (χ0v) is 7.90. The molecule has 0 aromatic rings. The van der Waals surface area contributed by atoms with Crippen LogP contribution in [0, 0.1) is 5.92 Å². The number of hydrogen-bond donors (Lipinski definition) is 2. The minimum atomic E-state index is -4.15. The molecule has 7 heteroatoms. The molecule has 1 fully saturated rings. The van der Waals surface area contributed by atoms with Gasteiger partial charge in [-0.15, -0.1) is 0 Å². The molecule has 1 amide bonds. The Labute approximate surface area is 84.2 Å². The minimum Gasteiger partial charge on any atom is -0.350 e. The van der Waals surface area contributed by atoms with Crippen molar-refractivity contribution in [2.45, 2.75) is 18.8 Å². The fraction of sp³-hybridized carbons (Fsp3) is 0.875. The summed E-state index contributed by atoms with van der Waals surface area (Å²) in [7, 11) is 0. The number of alkyl halides is 4. The first-order valence-corrected chi connectivity index (χ1v) is 4.55. The van der Waals surface area contributed by atoms with Crippen LogP contribution in [-0.4, -0.2) is 37.9 Å². The van der Waals surface area contributed by atoms with Crippen LogP contribution in [0.25, 0.3) is 0 Å². The lowest BCUT2D eigenvalue weighted by atomic mass is 9.99. The lowest BCUT2D eigenvalue weighted by molar-refractivity contribution is -0.137. The molecule has 0 aliphatic carbocycles. The monoisotopic (exact) mass is 228 g/mol. The van der Waals surface area contributed by atoms with Crippen LogP contribution in [0.2, 0.25) is 0 Å². The summed E-state index contributed by atoms with van der Waals surface area (Å²) in [5.41, 5.74) is 0. The number of amides is 1. The van der Waals surface area contributed by atoms with Crippen LogP contribution in [0.1, 0.15) is 6.42 Å². The van der Waals surface area contributed by atoms with E-state index in [4.69, 9.17) is 0 Å². The largest absolute Gasteiger partial charge is 0.350 e. The number of hydrogen-bond acceptors (Lipinski definition) is 2. The lowest BCUT2D eigenvalue weighted by Crippen LogP contribution is -2.46. The number of nitrogens with one attached hydrogen (secondary N) is 2. The van der Waals surface area contributed by atoms with Crippen LogP contribution >= 0.6 is 0 Å². The molecule has 1 aliphatic rings. The van der Waals surface area contributed by atoms with Crippen molar-refractivity contribution in [3.8, 4) is 0 Å². The van der Waals surface area contributed by atoms with Gasteiger partial charge in [0.15, 0.2) is 0 Å². The maximum atomic E-state index is 12.4. The van der Waals surface area contributed by atoms with Crippen molar-refractivity contribution in [2.24, 2.45) is 5.92 Å². The number of carbonyl (C=O) groups is 1. The summed E-state index contributed by atoms with van der Waals surface area (Å²) < 4.78 is 48.1. The van der Waals surface area contributed by atoms with Gasteiger partial charge in [-0.1, -0.05) is 0 Å². The van der Waals surface area contributed by atoms with Gasteiger partial charge < -0.3 is 10.6 Å². The Morgan fingerprint density at radius 3 is 2.47 bits per heavy atom. The molecule has 2 N–H and O–H groups in total. The van der Waals surface area contributed by atoms with E-state index in [0.717, 1.165) is 0 Å². The molecular formula is C8H12F4N2O. The molecule has 0 aromatic carbocycles. The second-order valence-electron chi connectivity index (χ2n) is 3.57. The van der Waals surface area contributed by atoms with E-state index in [2.05, 4.69) is 5.32 Å². The first-order chi connectivity index (χ1) is 6.92. The molecule has 3 nitrogen and oxygen atoms in total. The van der Waals surface area contributed by atoms with E-state index < -0.39 is 24.8 Å². The number of halogens is 4. The van der Waals surface area contributed by atoms with E-state index in [9.17, 15) is 22.4 Å². The average molecular weight is 228 g/mol. The summed E-state index contributed by atoms with van der Waals surface area (Å²) in [6, 6.07) is 0. The Balaban J connectivity index is 2.20. The van der Waals surface area contributed by atoms with Crippen LogP contribution in [0.15, 0.2) is 0 Å². The van der Waals surface area contributed by atoms with Crippen molar-refractivity contribution in [1.82, 2.24) is 10.6 Å². The summed E-state index contributed by atoms with van der Waals surface area (Å²) in [6.45, 7) is 0.0287. The Hall–Kier alpha value is -0.850. The normalized spacial score (nSPS) is 17.7. The summed E-state index contributed by atoms with van der Waals surface area (Å²) in [4.78, 5) is 11.0. The molecule has 0 bridgehead atoms. The quantitative estimate of drug-likeness (QED) is 0.677. The maximum absolute atomic E-state index is 12.4. The molecular weight excluding hydrogens is 216 g/mol. The van der Waals surface area contributed by atoms with Gasteiger partial charge in [-0.05, 0) is 19.0 Å². The molecule has 1 rings (SSSR count). The van der Waals surface area contributed by atoms with Gasteiger partial charge in [-0.25, -0.2) is 8.78 Å². The molecule has 0 saturated carbocycles. The standard InChI is InChI=1S/C8H12F4N2O/c9-7(10)8(11,12)4-14-6(15)1-5-2-13-3-5/h5,7,13H,1-4H2,(H,14,15). The molecule has 0 radical (unpaired) electrons. The van der Waals surface area contributed by atoms with Gasteiger partial charge in [0.05, 0.1) is 6.54 Å². The van der Waals surface area contributed by atoms with Gasteiger partial charge in [0.2, 0.25) is 5.91 Å². The van der Waals surface area contributed by atoms with E-state index in [1.807, 2.05) is 0 Å². The topological polar surface area (TPSA) is 41.1 Å². The van der Waals surface area contributed by atoms with Crippen molar-refractivity contribution in [1.29, 1.82) is 0 Å². The summed E-state index contributed by atoms with van der Waals surface area (Å²) in [5, 5.41) is 4.72. The second-order valence-corrected chi connectivity index (χ2v) is 3.57. The Morgan fingerprint density at radius 2 is 2.07 bits per heavy atom. The maximum Gasteiger partial charge on any atom is 0.324 e. The Bertz CT molecular complexity index is 231. The molecule has 1 saturated heterocycles. The van der Waals surface area contributed by atoms with Gasteiger partial charge >= 0.3 is 12.3 Å². The zero-order valence-electron chi connectivity index (χ0n) is 7.90. The van der Waals surface area contributed by atoms with Gasteiger partial charge in [0.1, 0.15) is 0 Å². The van der Waals surface area contributed by atoms with E-state index in [0.29, 0.717) is 13.1 Å².